The van der Waals surface area contributed by atoms with Crippen molar-refractivity contribution in [3.63, 3.8) is 0 Å². The van der Waals surface area contributed by atoms with E-state index in [0.717, 1.165) is 17.7 Å². The molecule has 0 bridgehead atoms. The van der Waals surface area contributed by atoms with Crippen molar-refractivity contribution in [1.29, 1.82) is 0 Å². The lowest BCUT2D eigenvalue weighted by Gasteiger charge is -1.94. The zero-order chi connectivity index (χ0) is 11.4. The summed E-state index contributed by atoms with van der Waals surface area (Å²) in [6, 6.07) is 9.87. The summed E-state index contributed by atoms with van der Waals surface area (Å²) in [4.78, 5) is 4.17. The third-order valence-corrected chi connectivity index (χ3v) is 2.26. The van der Waals surface area contributed by atoms with Crippen LogP contribution in [-0.4, -0.2) is 15.9 Å². The Morgan fingerprint density at radius 3 is 2.75 bits per heavy atom. The quantitative estimate of drug-likeness (QED) is 0.793. The maximum atomic E-state index is 5.72. The SMILES string of the molecule is CCc1cn(/N=C/c2ccccc2)c(N)n1. The monoisotopic (exact) mass is 214 g/mol. The van der Waals surface area contributed by atoms with Crippen molar-refractivity contribution in [3.05, 3.63) is 47.8 Å². The van der Waals surface area contributed by atoms with E-state index >= 15 is 0 Å². The summed E-state index contributed by atoms with van der Waals surface area (Å²) in [5.74, 6) is 0.420. The summed E-state index contributed by atoms with van der Waals surface area (Å²) in [6.45, 7) is 2.03. The molecule has 0 saturated carbocycles. The van der Waals surface area contributed by atoms with Crippen molar-refractivity contribution < 1.29 is 0 Å². The van der Waals surface area contributed by atoms with Gasteiger partial charge in [-0.1, -0.05) is 37.3 Å². The van der Waals surface area contributed by atoms with E-state index in [0.29, 0.717) is 5.95 Å². The summed E-state index contributed by atoms with van der Waals surface area (Å²) in [5.41, 5.74) is 7.70. The van der Waals surface area contributed by atoms with Crippen LogP contribution < -0.4 is 5.73 Å². The van der Waals surface area contributed by atoms with Crippen LogP contribution in [0.25, 0.3) is 0 Å². The zero-order valence-electron chi connectivity index (χ0n) is 9.17. The second-order valence-corrected chi connectivity index (χ2v) is 3.44. The van der Waals surface area contributed by atoms with Crippen molar-refractivity contribution in [1.82, 2.24) is 9.66 Å². The van der Waals surface area contributed by atoms with Crippen LogP contribution in [-0.2, 0) is 6.42 Å². The van der Waals surface area contributed by atoms with Crippen molar-refractivity contribution in [2.24, 2.45) is 5.10 Å². The molecule has 0 atom stereocenters. The average molecular weight is 214 g/mol. The number of imidazole rings is 1. The molecule has 1 aromatic heterocycles. The number of anilines is 1. The summed E-state index contributed by atoms with van der Waals surface area (Å²) >= 11 is 0. The third kappa shape index (κ3) is 2.28. The number of nitrogen functional groups attached to an aromatic ring is 1. The fourth-order valence-corrected chi connectivity index (χ4v) is 1.37. The Bertz CT molecular complexity index is 485. The average Bonchev–Trinajstić information content (AvgIpc) is 2.69. The first kappa shape index (κ1) is 10.4. The zero-order valence-corrected chi connectivity index (χ0v) is 9.17. The van der Waals surface area contributed by atoms with Crippen LogP contribution in [0, 0.1) is 0 Å². The predicted octanol–water partition coefficient (Wildman–Crippen LogP) is 1.91. The molecule has 0 fully saturated rings. The first-order valence-corrected chi connectivity index (χ1v) is 5.22. The lowest BCUT2D eigenvalue weighted by atomic mass is 10.2. The highest BCUT2D eigenvalue weighted by atomic mass is 15.4. The highest BCUT2D eigenvalue weighted by Crippen LogP contribution is 2.05. The van der Waals surface area contributed by atoms with E-state index < -0.39 is 0 Å². The van der Waals surface area contributed by atoms with E-state index in [1.54, 1.807) is 10.9 Å². The fourth-order valence-electron chi connectivity index (χ4n) is 1.37. The molecule has 1 aromatic carbocycles. The van der Waals surface area contributed by atoms with Gasteiger partial charge in [-0.2, -0.15) is 5.10 Å². The number of rotatable bonds is 3. The Hall–Kier alpha value is -2.10. The van der Waals surface area contributed by atoms with E-state index in [4.69, 9.17) is 5.73 Å². The maximum absolute atomic E-state index is 5.72. The lowest BCUT2D eigenvalue weighted by Crippen LogP contribution is -1.96. The minimum atomic E-state index is 0.420. The van der Waals surface area contributed by atoms with Crippen molar-refractivity contribution in [2.45, 2.75) is 13.3 Å². The normalized spacial score (nSPS) is 11.1. The highest BCUT2D eigenvalue weighted by molar-refractivity contribution is 5.79. The van der Waals surface area contributed by atoms with E-state index in [9.17, 15) is 0 Å². The first-order chi connectivity index (χ1) is 7.79. The van der Waals surface area contributed by atoms with Gasteiger partial charge in [-0.3, -0.25) is 0 Å². The van der Waals surface area contributed by atoms with E-state index in [1.807, 2.05) is 43.5 Å². The number of nitrogens with two attached hydrogens (primary N) is 1. The number of hydrogen-bond donors (Lipinski definition) is 1. The Morgan fingerprint density at radius 1 is 1.38 bits per heavy atom. The van der Waals surface area contributed by atoms with Crippen LogP contribution >= 0.6 is 0 Å². The minimum Gasteiger partial charge on any atom is -0.368 e. The highest BCUT2D eigenvalue weighted by Gasteiger charge is 2.00. The summed E-state index contributed by atoms with van der Waals surface area (Å²) in [6.07, 6.45) is 4.46. The van der Waals surface area contributed by atoms with Gasteiger partial charge in [-0.25, -0.2) is 9.66 Å². The Balaban J connectivity index is 2.20. The smallest absolute Gasteiger partial charge is 0.221 e. The van der Waals surface area contributed by atoms with E-state index in [2.05, 4.69) is 10.1 Å². The van der Waals surface area contributed by atoms with Gasteiger partial charge in [0.25, 0.3) is 0 Å². The van der Waals surface area contributed by atoms with Crippen LogP contribution in [0.15, 0.2) is 41.6 Å². The third-order valence-electron chi connectivity index (χ3n) is 2.26. The molecular weight excluding hydrogens is 200 g/mol. The van der Waals surface area contributed by atoms with Gasteiger partial charge in [0.05, 0.1) is 18.1 Å². The van der Waals surface area contributed by atoms with Gasteiger partial charge in [0.1, 0.15) is 0 Å². The topological polar surface area (TPSA) is 56.2 Å². The molecule has 2 rings (SSSR count). The number of aryl methyl sites for hydroxylation is 1. The maximum Gasteiger partial charge on any atom is 0.221 e. The van der Waals surface area contributed by atoms with Gasteiger partial charge in [0.2, 0.25) is 5.95 Å². The van der Waals surface area contributed by atoms with Gasteiger partial charge < -0.3 is 5.73 Å². The molecule has 0 aliphatic rings. The van der Waals surface area contributed by atoms with Gasteiger partial charge in [-0.05, 0) is 12.0 Å². The Kier molecular flexibility index (Phi) is 3.00. The molecule has 82 valence electrons. The molecule has 0 saturated heterocycles. The fraction of sp³-hybridized carbons (Fsp3) is 0.167. The lowest BCUT2D eigenvalue weighted by molar-refractivity contribution is 0.895. The molecule has 0 unspecified atom stereocenters. The molecular formula is C12H14N4. The molecule has 4 nitrogen and oxygen atoms in total. The second kappa shape index (κ2) is 4.61. The molecule has 0 aliphatic heterocycles. The summed E-state index contributed by atoms with van der Waals surface area (Å²) in [5, 5.41) is 4.25. The van der Waals surface area contributed by atoms with Crippen LogP contribution in [0.5, 0.6) is 0 Å². The standard InChI is InChI=1S/C12H14N4/c1-2-11-9-16(12(13)15-11)14-8-10-6-4-3-5-7-10/h3-9H,2H2,1H3,(H2,13,15)/b14-8+. The van der Waals surface area contributed by atoms with Gasteiger partial charge >= 0.3 is 0 Å². The predicted molar refractivity (Wildman–Crippen MR) is 65.5 cm³/mol. The van der Waals surface area contributed by atoms with Gasteiger partial charge in [0, 0.05) is 0 Å². The van der Waals surface area contributed by atoms with Crippen molar-refractivity contribution in [3.8, 4) is 0 Å². The number of aromatic nitrogens is 2. The van der Waals surface area contributed by atoms with Crippen LogP contribution in [0.2, 0.25) is 0 Å². The molecule has 0 radical (unpaired) electrons. The molecule has 16 heavy (non-hydrogen) atoms. The largest absolute Gasteiger partial charge is 0.368 e. The molecule has 4 heteroatoms. The summed E-state index contributed by atoms with van der Waals surface area (Å²) in [7, 11) is 0. The molecule has 1 heterocycles. The van der Waals surface area contributed by atoms with E-state index in [-0.39, 0.29) is 0 Å². The number of benzene rings is 1. The molecule has 0 amide bonds. The van der Waals surface area contributed by atoms with Crippen LogP contribution in [0.4, 0.5) is 5.95 Å². The molecule has 2 aromatic rings. The number of nitrogens with zero attached hydrogens (tertiary/aromatic N) is 3. The molecule has 2 N–H and O–H groups in total. The Morgan fingerprint density at radius 2 is 2.12 bits per heavy atom. The van der Waals surface area contributed by atoms with Crippen molar-refractivity contribution in [2.75, 3.05) is 5.73 Å². The Labute approximate surface area is 94.4 Å². The minimum absolute atomic E-state index is 0.420. The first-order valence-electron chi connectivity index (χ1n) is 5.22. The molecule has 0 spiro atoms. The van der Waals surface area contributed by atoms with E-state index in [1.165, 1.54) is 0 Å². The number of hydrogen-bond acceptors (Lipinski definition) is 3. The van der Waals surface area contributed by atoms with Gasteiger partial charge in [0.15, 0.2) is 0 Å². The van der Waals surface area contributed by atoms with Crippen LogP contribution in [0.3, 0.4) is 0 Å². The summed E-state index contributed by atoms with van der Waals surface area (Å²) < 4.78 is 1.59. The van der Waals surface area contributed by atoms with Crippen LogP contribution in [0.1, 0.15) is 18.2 Å². The molecule has 0 aliphatic carbocycles. The van der Waals surface area contributed by atoms with Gasteiger partial charge in [-0.15, -0.1) is 0 Å². The van der Waals surface area contributed by atoms with Crippen molar-refractivity contribution >= 4 is 12.2 Å². The second-order valence-electron chi connectivity index (χ2n) is 3.44.